The molecule has 36 heavy (non-hydrogen) atoms. The number of aromatic nitrogens is 3. The van der Waals surface area contributed by atoms with Crippen LogP contribution in [0.1, 0.15) is 51.8 Å². The van der Waals surface area contributed by atoms with Crippen LogP contribution in [0.2, 0.25) is 10.0 Å². The van der Waals surface area contributed by atoms with Crippen LogP contribution in [-0.2, 0) is 9.59 Å². The van der Waals surface area contributed by atoms with Crippen molar-refractivity contribution in [2.24, 2.45) is 0 Å². The number of thioether (sulfide) groups is 1. The number of halogens is 2. The number of hydrogen-bond acceptors (Lipinski definition) is 6. The highest BCUT2D eigenvalue weighted by molar-refractivity contribution is 7.99. The maximum Gasteiger partial charge on any atom is 0.325 e. The van der Waals surface area contributed by atoms with Gasteiger partial charge in [0.05, 0.1) is 21.8 Å². The van der Waals surface area contributed by atoms with Crippen LogP contribution in [0.15, 0.2) is 46.3 Å². The summed E-state index contributed by atoms with van der Waals surface area (Å²) < 4.78 is 7.12. The Morgan fingerprint density at radius 3 is 2.61 bits per heavy atom. The van der Waals surface area contributed by atoms with E-state index in [9.17, 15) is 14.4 Å². The van der Waals surface area contributed by atoms with Crippen LogP contribution in [0.3, 0.4) is 0 Å². The van der Waals surface area contributed by atoms with Crippen molar-refractivity contribution in [3.8, 4) is 17.0 Å². The van der Waals surface area contributed by atoms with Gasteiger partial charge in [0.2, 0.25) is 11.1 Å². The second kappa shape index (κ2) is 11.0. The van der Waals surface area contributed by atoms with E-state index in [0.717, 1.165) is 12.2 Å². The topological polar surface area (TPSA) is 96.2 Å². The highest BCUT2D eigenvalue weighted by Gasteiger charge is 2.47. The number of hydrogen-bond donors (Lipinski definition) is 1. The molecule has 2 aromatic carbocycles. The number of para-hydroxylation sites is 1. The Hall–Kier alpha value is -2.88. The monoisotopic (exact) mass is 547 g/mol. The molecule has 8 nitrogen and oxygen atoms in total. The van der Waals surface area contributed by atoms with Gasteiger partial charge < -0.3 is 4.74 Å². The Bertz CT molecular complexity index is 1390. The van der Waals surface area contributed by atoms with Crippen molar-refractivity contribution in [3.63, 3.8) is 0 Å². The van der Waals surface area contributed by atoms with Crippen molar-refractivity contribution in [1.29, 1.82) is 0 Å². The summed E-state index contributed by atoms with van der Waals surface area (Å²) >= 11 is 14.3. The lowest BCUT2D eigenvalue weighted by Gasteiger charge is -2.32. The van der Waals surface area contributed by atoms with Gasteiger partial charge in [0.1, 0.15) is 0 Å². The zero-order valence-electron chi connectivity index (χ0n) is 20.0. The largest absolute Gasteiger partial charge is 0.424 e. The molecule has 1 amide bonds. The summed E-state index contributed by atoms with van der Waals surface area (Å²) in [6, 6.07) is 10.2. The highest BCUT2D eigenvalue weighted by Crippen LogP contribution is 2.43. The summed E-state index contributed by atoms with van der Waals surface area (Å²) in [5.41, 5.74) is 1.32. The van der Waals surface area contributed by atoms with Crippen LogP contribution >= 0.6 is 35.0 Å². The molecule has 0 saturated heterocycles. The van der Waals surface area contributed by atoms with Crippen LogP contribution in [0.5, 0.6) is 5.75 Å². The lowest BCUT2D eigenvalue weighted by Crippen LogP contribution is -2.61. The second-order valence-electron chi connectivity index (χ2n) is 8.04. The molecule has 11 heteroatoms. The smallest absolute Gasteiger partial charge is 0.325 e. The molecule has 0 bridgehead atoms. The third-order valence-corrected chi connectivity index (χ3v) is 7.16. The first-order valence-electron chi connectivity index (χ1n) is 11.6. The molecule has 4 rings (SSSR count). The molecule has 0 fully saturated rings. The normalized spacial score (nSPS) is 14.2. The van der Waals surface area contributed by atoms with E-state index in [0.29, 0.717) is 22.0 Å². The van der Waals surface area contributed by atoms with E-state index in [1.54, 1.807) is 49.1 Å². The molecule has 1 atom stereocenters. The predicted molar refractivity (Wildman–Crippen MR) is 140 cm³/mol. The Balaban J connectivity index is 2.09. The summed E-state index contributed by atoms with van der Waals surface area (Å²) in [5.74, 6) is 0.0749. The molecule has 0 radical (unpaired) electrons. The lowest BCUT2D eigenvalue weighted by molar-refractivity contribution is -0.763. The van der Waals surface area contributed by atoms with E-state index in [4.69, 9.17) is 33.0 Å². The van der Waals surface area contributed by atoms with E-state index in [1.807, 2.05) is 6.92 Å². The molecule has 1 aromatic heterocycles. The predicted octanol–water partition coefficient (Wildman–Crippen LogP) is 5.15. The number of anilines is 1. The fourth-order valence-corrected chi connectivity index (χ4v) is 5.28. The van der Waals surface area contributed by atoms with Crippen molar-refractivity contribution in [3.05, 3.63) is 62.4 Å². The molecule has 3 aromatic rings. The number of carbonyl (C=O) groups excluding carboxylic acids is 2. The van der Waals surface area contributed by atoms with Crippen molar-refractivity contribution >= 4 is 52.5 Å². The first-order chi connectivity index (χ1) is 17.3. The number of amides is 1. The lowest BCUT2D eigenvalue weighted by atomic mass is 10.0. The molecule has 1 N–H and O–H groups in total. The molecule has 0 spiro atoms. The SMILES string of the molecule is CCCSc1n[n+]2c(c(=O)[nH]1)-c1ccccc1N(C(=O)CC)[C@H]2c1cc(Cl)cc(Cl)c1OC(=O)CC. The number of nitrogens with one attached hydrogen (secondary N) is 1. The first kappa shape index (κ1) is 26.2. The molecule has 1 aliphatic rings. The molecule has 0 aliphatic carbocycles. The zero-order chi connectivity index (χ0) is 26.0. The minimum Gasteiger partial charge on any atom is -0.424 e. The van der Waals surface area contributed by atoms with Gasteiger partial charge in [-0.25, -0.2) is 4.90 Å². The summed E-state index contributed by atoms with van der Waals surface area (Å²) in [7, 11) is 0. The maximum atomic E-state index is 13.4. The van der Waals surface area contributed by atoms with Gasteiger partial charge in [-0.15, -0.1) is 0 Å². The molecule has 188 valence electrons. The van der Waals surface area contributed by atoms with E-state index in [1.165, 1.54) is 22.5 Å². The van der Waals surface area contributed by atoms with Crippen LogP contribution in [-0.4, -0.2) is 27.7 Å². The molecule has 0 unspecified atom stereocenters. The van der Waals surface area contributed by atoms with Gasteiger partial charge in [-0.1, -0.05) is 67.9 Å². The quantitative estimate of drug-likeness (QED) is 0.190. The third-order valence-electron chi connectivity index (χ3n) is 5.59. The van der Waals surface area contributed by atoms with E-state index < -0.39 is 12.1 Å². The average Bonchev–Trinajstić information content (AvgIpc) is 2.87. The van der Waals surface area contributed by atoms with Crippen LogP contribution in [0.25, 0.3) is 11.3 Å². The molecular weight excluding hydrogens is 523 g/mol. The van der Waals surface area contributed by atoms with Gasteiger partial charge in [-0.2, -0.15) is 0 Å². The van der Waals surface area contributed by atoms with E-state index in [-0.39, 0.29) is 45.8 Å². The second-order valence-corrected chi connectivity index (χ2v) is 9.97. The van der Waals surface area contributed by atoms with Crippen LogP contribution in [0.4, 0.5) is 5.69 Å². The summed E-state index contributed by atoms with van der Waals surface area (Å²) in [4.78, 5) is 43.6. The van der Waals surface area contributed by atoms with Gasteiger partial charge in [0, 0.05) is 28.7 Å². The number of fused-ring (bicyclic) bond motifs is 3. The van der Waals surface area contributed by atoms with Gasteiger partial charge in [0.15, 0.2) is 5.75 Å². The number of nitrogens with zero attached hydrogens (tertiary/aromatic N) is 3. The van der Waals surface area contributed by atoms with E-state index in [2.05, 4.69) is 4.98 Å². The number of carbonyl (C=O) groups is 2. The maximum absolute atomic E-state index is 13.4. The fourth-order valence-electron chi connectivity index (χ4n) is 4.02. The number of benzene rings is 2. The van der Waals surface area contributed by atoms with Gasteiger partial charge in [-0.05, 0) is 35.4 Å². The highest BCUT2D eigenvalue weighted by atomic mass is 35.5. The van der Waals surface area contributed by atoms with Crippen LogP contribution in [0, 0.1) is 0 Å². The number of ether oxygens (including phenoxy) is 1. The molecular formula is C25H25Cl2N4O4S+. The Morgan fingerprint density at radius 1 is 1.17 bits per heavy atom. The van der Waals surface area contributed by atoms with E-state index >= 15 is 0 Å². The third kappa shape index (κ3) is 4.87. The molecule has 0 saturated carbocycles. The number of esters is 1. The number of H-pyrrole nitrogens is 1. The minimum atomic E-state index is -0.985. The number of rotatable bonds is 7. The Kier molecular flexibility index (Phi) is 8.02. The van der Waals surface area contributed by atoms with Crippen LogP contribution < -0.4 is 19.9 Å². The summed E-state index contributed by atoms with van der Waals surface area (Å²) in [5, 5.41) is 5.53. The summed E-state index contributed by atoms with van der Waals surface area (Å²) in [6.45, 7) is 5.44. The standard InChI is InChI=1S/C25H24Cl2N4O4S/c1-4-11-36-25-28-23(34)21-15-9-7-8-10-18(15)30(19(32)5-2)24(31(21)29-25)16-12-14(26)13-17(27)22(16)35-20(33)6-3/h7-10,12-13,24H,4-6,11H2,1-3H3/p+1/t24-/m1/s1. The van der Waals surface area contributed by atoms with Gasteiger partial charge in [0.25, 0.3) is 6.17 Å². The van der Waals surface area contributed by atoms with Crippen molar-refractivity contribution in [2.75, 3.05) is 10.7 Å². The minimum absolute atomic E-state index is 0.0643. The number of aromatic amines is 1. The molecule has 1 aliphatic heterocycles. The Morgan fingerprint density at radius 2 is 1.92 bits per heavy atom. The molecule has 2 heterocycles. The van der Waals surface area contributed by atoms with Gasteiger partial charge >= 0.3 is 17.2 Å². The van der Waals surface area contributed by atoms with Crippen molar-refractivity contribution in [2.45, 2.75) is 51.4 Å². The first-order valence-corrected chi connectivity index (χ1v) is 13.3. The van der Waals surface area contributed by atoms with Gasteiger partial charge in [-0.3, -0.25) is 19.4 Å². The zero-order valence-corrected chi connectivity index (χ0v) is 22.3. The van der Waals surface area contributed by atoms with Crippen molar-refractivity contribution in [1.82, 2.24) is 10.1 Å². The Labute approximate surface area is 222 Å². The summed E-state index contributed by atoms with van der Waals surface area (Å²) in [6.07, 6.45) is 0.188. The van der Waals surface area contributed by atoms with Crippen molar-refractivity contribution < 1.29 is 19.0 Å². The average molecular weight is 548 g/mol. The fraction of sp³-hybridized carbons (Fsp3) is 0.320.